The minimum atomic E-state index is 0.683. The highest BCUT2D eigenvalue weighted by Gasteiger charge is 2.28. The molecule has 3 aliphatic rings. The SMILES string of the molecule is CN1CCCC(CN2c3ccccc3Sc3ccc(-c4ccc5c(c4)Sc4ccccc4N5)cc32)C1. The first-order chi connectivity index (χ1) is 17.7. The Morgan fingerprint density at radius 2 is 1.47 bits per heavy atom. The van der Waals surface area contributed by atoms with Gasteiger partial charge in [0.1, 0.15) is 0 Å². The monoisotopic (exact) mass is 507 g/mol. The highest BCUT2D eigenvalue weighted by atomic mass is 32.2. The molecule has 0 aromatic heterocycles. The van der Waals surface area contributed by atoms with Crippen LogP contribution in [0.25, 0.3) is 11.1 Å². The third-order valence-electron chi connectivity index (χ3n) is 7.48. The average Bonchev–Trinajstić information content (AvgIpc) is 2.91. The summed E-state index contributed by atoms with van der Waals surface area (Å²) in [6, 6.07) is 31.3. The number of nitrogens with zero attached hydrogens (tertiary/aromatic N) is 2. The number of anilines is 4. The van der Waals surface area contributed by atoms with Crippen LogP contribution in [-0.4, -0.2) is 31.6 Å². The van der Waals surface area contributed by atoms with Crippen LogP contribution >= 0.6 is 23.5 Å². The molecule has 4 aromatic carbocycles. The van der Waals surface area contributed by atoms with Gasteiger partial charge in [0, 0.05) is 32.7 Å². The van der Waals surface area contributed by atoms with E-state index in [0.29, 0.717) is 5.92 Å². The standard InChI is InChI=1S/C31H29N3S2/c1-33-16-6-7-21(19-33)20-34-26-9-3-5-11-29(26)36-30-15-13-22(17-27(30)34)23-12-14-25-31(18-23)35-28-10-4-2-8-24(28)32-25/h2-5,8-15,17-18,21,32H,6-7,16,19-20H2,1H3. The summed E-state index contributed by atoms with van der Waals surface area (Å²) in [6.45, 7) is 3.47. The first-order valence-electron chi connectivity index (χ1n) is 12.8. The van der Waals surface area contributed by atoms with Crippen LogP contribution in [0.5, 0.6) is 0 Å². The van der Waals surface area contributed by atoms with Gasteiger partial charge in [0.2, 0.25) is 0 Å². The number of fused-ring (bicyclic) bond motifs is 4. The Hall–Kier alpha value is -2.86. The number of hydrogen-bond acceptors (Lipinski definition) is 5. The van der Waals surface area contributed by atoms with Crippen LogP contribution < -0.4 is 10.2 Å². The van der Waals surface area contributed by atoms with Crippen LogP contribution in [0, 0.1) is 5.92 Å². The number of para-hydroxylation sites is 2. The molecule has 0 radical (unpaired) electrons. The number of benzene rings is 4. The second-order valence-corrected chi connectivity index (χ2v) is 12.2. The Bertz CT molecular complexity index is 1450. The van der Waals surface area contributed by atoms with Crippen molar-refractivity contribution in [3.05, 3.63) is 84.9 Å². The van der Waals surface area contributed by atoms with Crippen LogP contribution in [0.4, 0.5) is 22.7 Å². The van der Waals surface area contributed by atoms with Gasteiger partial charge in [-0.15, -0.1) is 0 Å². The van der Waals surface area contributed by atoms with Gasteiger partial charge >= 0.3 is 0 Å². The normalized spacial score (nSPS) is 18.5. The Kier molecular flexibility index (Phi) is 5.72. The van der Waals surface area contributed by atoms with Crippen molar-refractivity contribution < 1.29 is 0 Å². The second-order valence-electron chi connectivity index (χ2n) is 10.1. The molecule has 0 bridgehead atoms. The van der Waals surface area contributed by atoms with Gasteiger partial charge in [-0.2, -0.15) is 0 Å². The lowest BCUT2D eigenvalue weighted by Gasteiger charge is -2.38. The van der Waals surface area contributed by atoms with Crippen molar-refractivity contribution in [2.45, 2.75) is 32.4 Å². The van der Waals surface area contributed by atoms with Gasteiger partial charge in [-0.1, -0.05) is 59.9 Å². The van der Waals surface area contributed by atoms with Crippen molar-refractivity contribution in [1.82, 2.24) is 4.90 Å². The molecule has 0 amide bonds. The minimum absolute atomic E-state index is 0.683. The molecule has 3 heterocycles. The summed E-state index contributed by atoms with van der Waals surface area (Å²) >= 11 is 3.75. The molecule has 7 rings (SSSR count). The van der Waals surface area contributed by atoms with E-state index in [2.05, 4.69) is 107 Å². The fourth-order valence-electron chi connectivity index (χ4n) is 5.70. The number of hydrogen-bond donors (Lipinski definition) is 1. The summed E-state index contributed by atoms with van der Waals surface area (Å²) in [5, 5.41) is 3.60. The number of nitrogens with one attached hydrogen (secondary N) is 1. The molecule has 0 spiro atoms. The van der Waals surface area contributed by atoms with E-state index < -0.39 is 0 Å². The van der Waals surface area contributed by atoms with Crippen molar-refractivity contribution >= 4 is 46.3 Å². The quantitative estimate of drug-likeness (QED) is 0.263. The van der Waals surface area contributed by atoms with Gasteiger partial charge in [0.15, 0.2) is 0 Å². The maximum absolute atomic E-state index is 3.60. The molecular formula is C31H29N3S2. The van der Waals surface area contributed by atoms with E-state index >= 15 is 0 Å². The van der Waals surface area contributed by atoms with Crippen molar-refractivity contribution in [3.8, 4) is 11.1 Å². The van der Waals surface area contributed by atoms with Crippen LogP contribution in [0.15, 0.2) is 105 Å². The van der Waals surface area contributed by atoms with E-state index in [-0.39, 0.29) is 0 Å². The summed E-state index contributed by atoms with van der Waals surface area (Å²) in [5.41, 5.74) is 7.62. The average molecular weight is 508 g/mol. The molecule has 1 fully saturated rings. The zero-order valence-corrected chi connectivity index (χ0v) is 22.0. The largest absolute Gasteiger partial charge is 0.354 e. The summed E-state index contributed by atoms with van der Waals surface area (Å²) in [6.07, 6.45) is 2.60. The van der Waals surface area contributed by atoms with Crippen LogP contribution in [0.2, 0.25) is 0 Å². The molecule has 3 aliphatic heterocycles. The summed E-state index contributed by atoms with van der Waals surface area (Å²) in [7, 11) is 2.26. The van der Waals surface area contributed by atoms with Gasteiger partial charge < -0.3 is 15.1 Å². The molecule has 180 valence electrons. The first kappa shape index (κ1) is 22.3. The zero-order valence-electron chi connectivity index (χ0n) is 20.4. The molecular weight excluding hydrogens is 478 g/mol. The lowest BCUT2D eigenvalue weighted by atomic mass is 9.96. The summed E-state index contributed by atoms with van der Waals surface area (Å²) in [4.78, 5) is 10.4. The maximum atomic E-state index is 3.60. The molecule has 1 atom stereocenters. The Morgan fingerprint density at radius 1 is 0.750 bits per heavy atom. The highest BCUT2D eigenvalue weighted by Crippen LogP contribution is 2.50. The number of piperidine rings is 1. The smallest absolute Gasteiger partial charge is 0.0559 e. The van der Waals surface area contributed by atoms with E-state index in [9.17, 15) is 0 Å². The van der Waals surface area contributed by atoms with Gasteiger partial charge in [0.25, 0.3) is 0 Å². The predicted octanol–water partition coefficient (Wildman–Crippen LogP) is 8.51. The highest BCUT2D eigenvalue weighted by molar-refractivity contribution is 8.00. The molecule has 5 heteroatoms. The Labute approximate surface area is 221 Å². The number of likely N-dealkylation sites (tertiary alicyclic amines) is 1. The molecule has 0 saturated carbocycles. The van der Waals surface area contributed by atoms with Gasteiger partial charge in [-0.3, -0.25) is 0 Å². The van der Waals surface area contributed by atoms with E-state index in [1.54, 1.807) is 0 Å². The third kappa shape index (κ3) is 4.09. The maximum Gasteiger partial charge on any atom is 0.0559 e. The molecule has 36 heavy (non-hydrogen) atoms. The van der Waals surface area contributed by atoms with Crippen LogP contribution in [-0.2, 0) is 0 Å². The minimum Gasteiger partial charge on any atom is -0.354 e. The molecule has 3 nitrogen and oxygen atoms in total. The predicted molar refractivity (Wildman–Crippen MR) is 154 cm³/mol. The molecule has 4 aromatic rings. The fraction of sp³-hybridized carbons (Fsp3) is 0.226. The fourth-order valence-corrected chi connectivity index (χ4v) is 7.80. The topological polar surface area (TPSA) is 18.5 Å². The van der Waals surface area contributed by atoms with E-state index in [1.807, 2.05) is 23.5 Å². The van der Waals surface area contributed by atoms with E-state index in [1.165, 1.54) is 79.4 Å². The lowest BCUT2D eigenvalue weighted by Crippen LogP contribution is -2.38. The van der Waals surface area contributed by atoms with Gasteiger partial charge in [-0.25, -0.2) is 0 Å². The van der Waals surface area contributed by atoms with Crippen molar-refractivity contribution in [2.75, 3.05) is 36.9 Å². The van der Waals surface area contributed by atoms with Crippen LogP contribution in [0.3, 0.4) is 0 Å². The van der Waals surface area contributed by atoms with E-state index in [4.69, 9.17) is 0 Å². The van der Waals surface area contributed by atoms with Crippen molar-refractivity contribution in [1.29, 1.82) is 0 Å². The first-order valence-corrected chi connectivity index (χ1v) is 14.4. The number of rotatable bonds is 3. The summed E-state index contributed by atoms with van der Waals surface area (Å²) in [5.74, 6) is 0.683. The lowest BCUT2D eigenvalue weighted by molar-refractivity contribution is 0.214. The summed E-state index contributed by atoms with van der Waals surface area (Å²) < 4.78 is 0. The van der Waals surface area contributed by atoms with Gasteiger partial charge in [-0.05, 0) is 92.0 Å². The molecule has 1 saturated heterocycles. The van der Waals surface area contributed by atoms with Gasteiger partial charge in [0.05, 0.1) is 22.7 Å². The van der Waals surface area contributed by atoms with Crippen molar-refractivity contribution in [2.24, 2.45) is 5.92 Å². The molecule has 1 N–H and O–H groups in total. The van der Waals surface area contributed by atoms with E-state index in [0.717, 1.165) is 6.54 Å². The third-order valence-corrected chi connectivity index (χ3v) is 9.74. The molecule has 0 aliphatic carbocycles. The molecule has 1 unspecified atom stereocenters. The van der Waals surface area contributed by atoms with Crippen LogP contribution in [0.1, 0.15) is 12.8 Å². The second kappa shape index (κ2) is 9.22. The Morgan fingerprint density at radius 3 is 2.39 bits per heavy atom. The van der Waals surface area contributed by atoms with Crippen molar-refractivity contribution in [3.63, 3.8) is 0 Å². The Balaban J connectivity index is 1.25. The zero-order chi connectivity index (χ0) is 24.1.